The standard InChI is InChI=1S/C16H34O3.C3H5F3/c1-5-9-10-11-12-13-14-15-16(17-6-2,18-7-3)19-8-4;1-2-3(4,5)6/h5-15H2,1-4H3;2H2,1H3. The molecule has 0 N–H and O–H groups in total. The summed E-state index contributed by atoms with van der Waals surface area (Å²) < 4.78 is 49.5. The van der Waals surface area contributed by atoms with Gasteiger partial charge in [-0.2, -0.15) is 13.2 Å². The molecule has 0 aliphatic carbocycles. The summed E-state index contributed by atoms with van der Waals surface area (Å²) >= 11 is 0. The van der Waals surface area contributed by atoms with Crippen LogP contribution in [0.15, 0.2) is 0 Å². The highest BCUT2D eigenvalue weighted by Gasteiger charge is 2.31. The minimum atomic E-state index is -3.96. The molecule has 0 fully saturated rings. The summed E-state index contributed by atoms with van der Waals surface area (Å²) in [5.41, 5.74) is 0. The van der Waals surface area contributed by atoms with E-state index in [0.717, 1.165) is 19.8 Å². The predicted molar refractivity (Wildman–Crippen MR) is 96.6 cm³/mol. The van der Waals surface area contributed by atoms with Crippen molar-refractivity contribution in [3.63, 3.8) is 0 Å². The Kier molecular flexibility index (Phi) is 18.4. The third kappa shape index (κ3) is 18.3. The van der Waals surface area contributed by atoms with Gasteiger partial charge in [0, 0.05) is 32.7 Å². The minimum absolute atomic E-state index is 0.622. The van der Waals surface area contributed by atoms with E-state index < -0.39 is 18.6 Å². The number of rotatable bonds is 14. The number of halogens is 3. The van der Waals surface area contributed by atoms with Crippen LogP contribution in [0.1, 0.15) is 92.4 Å². The summed E-state index contributed by atoms with van der Waals surface area (Å²) in [6.07, 6.45) is 5.17. The van der Waals surface area contributed by atoms with Gasteiger partial charge in [0.05, 0.1) is 0 Å². The monoisotopic (exact) mass is 372 g/mol. The van der Waals surface area contributed by atoms with E-state index >= 15 is 0 Å². The molecule has 25 heavy (non-hydrogen) atoms. The highest BCUT2D eigenvalue weighted by atomic mass is 19.4. The first-order valence-electron chi connectivity index (χ1n) is 9.79. The van der Waals surface area contributed by atoms with Crippen LogP contribution in [0.25, 0.3) is 0 Å². The van der Waals surface area contributed by atoms with Crippen molar-refractivity contribution in [1.82, 2.24) is 0 Å². The smallest absolute Gasteiger partial charge is 0.328 e. The number of unbranched alkanes of at least 4 members (excludes halogenated alkanes) is 6. The molecular formula is C19H39F3O3. The van der Waals surface area contributed by atoms with Gasteiger partial charge in [0.2, 0.25) is 0 Å². The maximum atomic E-state index is 10.8. The molecule has 0 spiro atoms. The van der Waals surface area contributed by atoms with E-state index in [0.29, 0.717) is 19.8 Å². The van der Waals surface area contributed by atoms with Gasteiger partial charge in [-0.25, -0.2) is 0 Å². The molecule has 6 heteroatoms. The number of hydrogen-bond donors (Lipinski definition) is 0. The number of ether oxygens (including phenoxy) is 3. The van der Waals surface area contributed by atoms with Crippen molar-refractivity contribution in [2.75, 3.05) is 19.8 Å². The van der Waals surface area contributed by atoms with Crippen LogP contribution in [-0.4, -0.2) is 32.0 Å². The Labute approximate surface area is 152 Å². The van der Waals surface area contributed by atoms with E-state index in [-0.39, 0.29) is 0 Å². The summed E-state index contributed by atoms with van der Waals surface area (Å²) in [6.45, 7) is 11.1. The maximum absolute atomic E-state index is 10.8. The van der Waals surface area contributed by atoms with Crippen molar-refractivity contribution in [3.05, 3.63) is 0 Å². The largest absolute Gasteiger partial charge is 0.388 e. The second kappa shape index (κ2) is 17.1. The molecule has 0 saturated carbocycles. The van der Waals surface area contributed by atoms with E-state index in [1.165, 1.54) is 38.5 Å². The van der Waals surface area contributed by atoms with Crippen molar-refractivity contribution in [2.45, 2.75) is 105 Å². The lowest BCUT2D eigenvalue weighted by Crippen LogP contribution is -2.39. The number of hydrogen-bond acceptors (Lipinski definition) is 3. The van der Waals surface area contributed by atoms with Gasteiger partial charge in [-0.3, -0.25) is 0 Å². The SMILES string of the molecule is CCC(F)(F)F.CCCCCCCCCC(OCC)(OCC)OCC. The van der Waals surface area contributed by atoms with E-state index in [4.69, 9.17) is 14.2 Å². The average molecular weight is 373 g/mol. The van der Waals surface area contributed by atoms with Gasteiger partial charge < -0.3 is 14.2 Å². The van der Waals surface area contributed by atoms with Gasteiger partial charge >= 0.3 is 6.18 Å². The zero-order chi connectivity index (χ0) is 19.6. The summed E-state index contributed by atoms with van der Waals surface area (Å²) in [6, 6.07) is 0. The fraction of sp³-hybridized carbons (Fsp3) is 1.00. The second-order valence-electron chi connectivity index (χ2n) is 5.82. The third-order valence-electron chi connectivity index (χ3n) is 3.58. The quantitative estimate of drug-likeness (QED) is 0.246. The van der Waals surface area contributed by atoms with Crippen molar-refractivity contribution < 1.29 is 27.4 Å². The van der Waals surface area contributed by atoms with E-state index in [1.807, 2.05) is 20.8 Å². The first-order valence-corrected chi connectivity index (χ1v) is 9.79. The maximum Gasteiger partial charge on any atom is 0.388 e. The molecule has 0 bridgehead atoms. The summed E-state index contributed by atoms with van der Waals surface area (Å²) in [5, 5.41) is 0. The van der Waals surface area contributed by atoms with Crippen molar-refractivity contribution >= 4 is 0 Å². The van der Waals surface area contributed by atoms with Crippen LogP contribution in [0.4, 0.5) is 13.2 Å². The highest BCUT2D eigenvalue weighted by Crippen LogP contribution is 2.24. The molecule has 0 radical (unpaired) electrons. The molecule has 0 aromatic heterocycles. The van der Waals surface area contributed by atoms with Crippen molar-refractivity contribution in [1.29, 1.82) is 0 Å². The fourth-order valence-electron chi connectivity index (χ4n) is 2.30. The number of alkyl halides is 3. The molecule has 0 aromatic rings. The van der Waals surface area contributed by atoms with Gasteiger partial charge in [-0.15, -0.1) is 0 Å². The zero-order valence-corrected chi connectivity index (χ0v) is 16.8. The predicted octanol–water partition coefficient (Wildman–Crippen LogP) is 6.85. The van der Waals surface area contributed by atoms with Gasteiger partial charge in [-0.1, -0.05) is 52.4 Å². The van der Waals surface area contributed by atoms with Gasteiger partial charge in [0.25, 0.3) is 5.97 Å². The van der Waals surface area contributed by atoms with Crippen LogP contribution in [-0.2, 0) is 14.2 Å². The summed E-state index contributed by atoms with van der Waals surface area (Å²) in [7, 11) is 0. The van der Waals surface area contributed by atoms with E-state index in [9.17, 15) is 13.2 Å². The van der Waals surface area contributed by atoms with Gasteiger partial charge in [-0.05, 0) is 27.2 Å². The van der Waals surface area contributed by atoms with Crippen molar-refractivity contribution in [2.24, 2.45) is 0 Å². The molecular weight excluding hydrogens is 333 g/mol. The molecule has 0 rings (SSSR count). The highest BCUT2D eigenvalue weighted by molar-refractivity contribution is 4.59. The third-order valence-corrected chi connectivity index (χ3v) is 3.58. The Morgan fingerprint density at radius 1 is 0.600 bits per heavy atom. The molecule has 0 unspecified atom stereocenters. The second-order valence-corrected chi connectivity index (χ2v) is 5.82. The lowest BCUT2D eigenvalue weighted by Gasteiger charge is -2.32. The normalized spacial score (nSPS) is 12.0. The Hall–Kier alpha value is -0.330. The Bertz CT molecular complexity index is 254. The Morgan fingerprint density at radius 3 is 1.28 bits per heavy atom. The lowest BCUT2D eigenvalue weighted by molar-refractivity contribution is -0.380. The first kappa shape index (κ1) is 26.9. The minimum Gasteiger partial charge on any atom is -0.328 e. The van der Waals surface area contributed by atoms with Gasteiger partial charge in [0.15, 0.2) is 0 Å². The molecule has 0 amide bonds. The molecule has 0 saturated heterocycles. The van der Waals surface area contributed by atoms with Crippen LogP contribution in [0.3, 0.4) is 0 Å². The first-order chi connectivity index (χ1) is 11.8. The van der Waals surface area contributed by atoms with Crippen LogP contribution in [0, 0.1) is 0 Å². The van der Waals surface area contributed by atoms with Crippen LogP contribution >= 0.6 is 0 Å². The van der Waals surface area contributed by atoms with Gasteiger partial charge in [0.1, 0.15) is 0 Å². The zero-order valence-electron chi connectivity index (χ0n) is 16.8. The summed E-state index contributed by atoms with van der Waals surface area (Å²) in [4.78, 5) is 0. The topological polar surface area (TPSA) is 27.7 Å². The van der Waals surface area contributed by atoms with Crippen LogP contribution < -0.4 is 0 Å². The summed E-state index contributed by atoms with van der Waals surface area (Å²) in [5.74, 6) is -0.804. The lowest BCUT2D eigenvalue weighted by atomic mass is 10.1. The van der Waals surface area contributed by atoms with E-state index in [2.05, 4.69) is 6.92 Å². The van der Waals surface area contributed by atoms with Crippen molar-refractivity contribution in [3.8, 4) is 0 Å². The molecule has 0 heterocycles. The molecule has 154 valence electrons. The van der Waals surface area contributed by atoms with E-state index in [1.54, 1.807) is 0 Å². The van der Waals surface area contributed by atoms with Crippen LogP contribution in [0.5, 0.6) is 0 Å². The Balaban J connectivity index is 0. The molecule has 3 nitrogen and oxygen atoms in total. The molecule has 0 atom stereocenters. The molecule has 0 aromatic carbocycles. The van der Waals surface area contributed by atoms with Crippen LogP contribution in [0.2, 0.25) is 0 Å². The molecule has 0 aliphatic rings. The Morgan fingerprint density at radius 2 is 0.960 bits per heavy atom. The molecule has 0 aliphatic heterocycles. The fourth-order valence-corrected chi connectivity index (χ4v) is 2.30. The average Bonchev–Trinajstić information content (AvgIpc) is 2.55.